The number of hydrogen-bond acceptors (Lipinski definition) is 3. The number of nitrogens with zero attached hydrogens (tertiary/aromatic N) is 2. The fourth-order valence-corrected chi connectivity index (χ4v) is 1.44. The molecule has 0 aliphatic carbocycles. The highest BCUT2D eigenvalue weighted by molar-refractivity contribution is 6.31. The molecule has 0 fully saturated rings. The summed E-state index contributed by atoms with van der Waals surface area (Å²) in [5.41, 5.74) is 0.460. The number of hydrogen-bond donors (Lipinski definition) is 1. The fourth-order valence-electron chi connectivity index (χ4n) is 0.859. The van der Waals surface area contributed by atoms with E-state index in [0.717, 1.165) is 0 Å². The van der Waals surface area contributed by atoms with Crippen LogP contribution < -0.4 is 0 Å². The summed E-state index contributed by atoms with van der Waals surface area (Å²) in [7, 11) is 0. The molecule has 0 saturated heterocycles. The van der Waals surface area contributed by atoms with Crippen LogP contribution in [0.2, 0.25) is 10.3 Å². The highest BCUT2D eigenvalue weighted by Crippen LogP contribution is 2.24. The number of aliphatic hydroxyl groups excluding tert-OH is 1. The van der Waals surface area contributed by atoms with Crippen molar-refractivity contribution in [3.8, 4) is 0 Å². The van der Waals surface area contributed by atoms with Crippen LogP contribution in [0.3, 0.4) is 0 Å². The third-order valence-corrected chi connectivity index (χ3v) is 2.18. The zero-order valence-corrected chi connectivity index (χ0v) is 8.81. The second-order valence-electron chi connectivity index (χ2n) is 2.41. The van der Waals surface area contributed by atoms with Crippen molar-refractivity contribution in [1.82, 2.24) is 10.2 Å². The number of alkyl halides is 1. The molecule has 1 aromatic rings. The summed E-state index contributed by atoms with van der Waals surface area (Å²) in [5.74, 6) is 0.345. The second-order valence-corrected chi connectivity index (χ2v) is 3.53. The van der Waals surface area contributed by atoms with Gasteiger partial charge in [0.1, 0.15) is 0 Å². The molecular formula is C7H7Cl3N2O. The lowest BCUT2D eigenvalue weighted by Crippen LogP contribution is -2.01. The van der Waals surface area contributed by atoms with E-state index in [4.69, 9.17) is 34.8 Å². The zero-order chi connectivity index (χ0) is 9.84. The molecule has 0 aliphatic rings. The predicted molar refractivity (Wildman–Crippen MR) is 52.3 cm³/mol. The second kappa shape index (κ2) is 4.96. The molecule has 0 saturated carbocycles. The lowest BCUT2D eigenvalue weighted by molar-refractivity contribution is 0.174. The Hall–Kier alpha value is -0.0900. The van der Waals surface area contributed by atoms with Crippen LogP contribution in [0.4, 0.5) is 0 Å². The number of aliphatic hydroxyl groups is 1. The molecule has 0 spiro atoms. The van der Waals surface area contributed by atoms with Gasteiger partial charge >= 0.3 is 0 Å². The zero-order valence-electron chi connectivity index (χ0n) is 6.54. The Morgan fingerprint density at radius 2 is 2.08 bits per heavy atom. The van der Waals surface area contributed by atoms with E-state index in [1.165, 1.54) is 6.07 Å². The molecule has 72 valence electrons. The van der Waals surface area contributed by atoms with Gasteiger partial charge in [-0.25, -0.2) is 0 Å². The minimum Gasteiger partial charge on any atom is -0.388 e. The summed E-state index contributed by atoms with van der Waals surface area (Å²) < 4.78 is 0. The molecule has 13 heavy (non-hydrogen) atoms. The molecule has 1 rings (SSSR count). The predicted octanol–water partition coefficient (Wildman–Crippen LogP) is 2.45. The Bertz CT molecular complexity index is 295. The lowest BCUT2D eigenvalue weighted by atomic mass is 10.1. The maximum absolute atomic E-state index is 9.53. The Balaban J connectivity index is 2.91. The largest absolute Gasteiger partial charge is 0.388 e. The number of aromatic nitrogens is 2. The van der Waals surface area contributed by atoms with Crippen LogP contribution >= 0.6 is 34.8 Å². The Morgan fingerprint density at radius 3 is 2.69 bits per heavy atom. The highest BCUT2D eigenvalue weighted by Gasteiger charge is 2.13. The van der Waals surface area contributed by atoms with Gasteiger partial charge in [-0.3, -0.25) is 0 Å². The van der Waals surface area contributed by atoms with E-state index in [-0.39, 0.29) is 10.3 Å². The smallest absolute Gasteiger partial charge is 0.157 e. The third kappa shape index (κ3) is 2.95. The van der Waals surface area contributed by atoms with Gasteiger partial charge in [-0.15, -0.1) is 21.8 Å². The molecule has 3 nitrogen and oxygen atoms in total. The van der Waals surface area contributed by atoms with E-state index in [2.05, 4.69) is 10.2 Å². The first-order valence-electron chi connectivity index (χ1n) is 3.57. The normalized spacial score (nSPS) is 12.9. The van der Waals surface area contributed by atoms with Gasteiger partial charge in [0, 0.05) is 11.4 Å². The molecule has 0 aliphatic heterocycles. The maximum Gasteiger partial charge on any atom is 0.157 e. The Kier molecular flexibility index (Phi) is 4.19. The quantitative estimate of drug-likeness (QED) is 0.827. The van der Waals surface area contributed by atoms with Crippen molar-refractivity contribution in [2.45, 2.75) is 12.5 Å². The van der Waals surface area contributed by atoms with Gasteiger partial charge in [0.15, 0.2) is 10.3 Å². The van der Waals surface area contributed by atoms with E-state index in [9.17, 15) is 5.11 Å². The maximum atomic E-state index is 9.53. The van der Waals surface area contributed by atoms with Crippen molar-refractivity contribution in [3.63, 3.8) is 0 Å². The summed E-state index contributed by atoms with van der Waals surface area (Å²) >= 11 is 16.7. The van der Waals surface area contributed by atoms with Crippen molar-refractivity contribution >= 4 is 34.8 Å². The first kappa shape index (κ1) is 11.0. The van der Waals surface area contributed by atoms with Crippen LogP contribution in [-0.4, -0.2) is 21.2 Å². The molecule has 0 radical (unpaired) electrons. The molecular weight excluding hydrogens is 234 g/mol. The van der Waals surface area contributed by atoms with Crippen molar-refractivity contribution in [1.29, 1.82) is 0 Å². The molecule has 1 aromatic heterocycles. The van der Waals surface area contributed by atoms with Crippen molar-refractivity contribution in [2.75, 3.05) is 5.88 Å². The minimum absolute atomic E-state index is 0.155. The monoisotopic (exact) mass is 240 g/mol. The van der Waals surface area contributed by atoms with E-state index in [1.54, 1.807) is 0 Å². The van der Waals surface area contributed by atoms with E-state index >= 15 is 0 Å². The average molecular weight is 242 g/mol. The van der Waals surface area contributed by atoms with Gasteiger partial charge in [0.25, 0.3) is 0 Å². The summed E-state index contributed by atoms with van der Waals surface area (Å²) in [4.78, 5) is 0. The molecule has 0 aromatic carbocycles. The van der Waals surface area contributed by atoms with Gasteiger partial charge in [-0.05, 0) is 12.5 Å². The van der Waals surface area contributed by atoms with Crippen molar-refractivity contribution in [2.24, 2.45) is 0 Å². The molecule has 0 bridgehead atoms. The third-order valence-electron chi connectivity index (χ3n) is 1.49. The fraction of sp³-hybridized carbons (Fsp3) is 0.429. The first-order chi connectivity index (χ1) is 6.15. The van der Waals surface area contributed by atoms with Crippen LogP contribution in [0.25, 0.3) is 0 Å². The van der Waals surface area contributed by atoms with Crippen molar-refractivity contribution < 1.29 is 5.11 Å². The standard InChI is InChI=1S/C7H7Cl3N2O/c8-2-1-5(13)4-3-6(9)11-12-7(4)10/h3,5,13H,1-2H2. The molecule has 6 heteroatoms. The summed E-state index contributed by atoms with van der Waals surface area (Å²) in [6.07, 6.45) is -0.332. The van der Waals surface area contributed by atoms with Gasteiger partial charge in [-0.2, -0.15) is 0 Å². The van der Waals surface area contributed by atoms with Gasteiger partial charge in [0.2, 0.25) is 0 Å². The van der Waals surface area contributed by atoms with E-state index in [1.807, 2.05) is 0 Å². The van der Waals surface area contributed by atoms with Gasteiger partial charge < -0.3 is 5.11 Å². The topological polar surface area (TPSA) is 46.0 Å². The minimum atomic E-state index is -0.738. The van der Waals surface area contributed by atoms with Crippen LogP contribution in [0.15, 0.2) is 6.07 Å². The van der Waals surface area contributed by atoms with Crippen molar-refractivity contribution in [3.05, 3.63) is 21.9 Å². The van der Waals surface area contributed by atoms with Crippen LogP contribution in [0.5, 0.6) is 0 Å². The first-order valence-corrected chi connectivity index (χ1v) is 4.87. The number of rotatable bonds is 3. The van der Waals surface area contributed by atoms with Gasteiger partial charge in [-0.1, -0.05) is 23.2 Å². The summed E-state index contributed by atoms with van der Waals surface area (Å²) in [6.45, 7) is 0. The van der Waals surface area contributed by atoms with E-state index in [0.29, 0.717) is 17.9 Å². The molecule has 0 amide bonds. The van der Waals surface area contributed by atoms with E-state index < -0.39 is 6.10 Å². The summed E-state index contributed by atoms with van der Waals surface area (Å²) in [5, 5.41) is 17.0. The molecule has 1 unspecified atom stereocenters. The Labute approximate surface area is 90.6 Å². The molecule has 1 N–H and O–H groups in total. The Morgan fingerprint density at radius 1 is 1.38 bits per heavy atom. The molecule has 1 heterocycles. The molecule has 1 atom stereocenters. The lowest BCUT2D eigenvalue weighted by Gasteiger charge is -2.09. The SMILES string of the molecule is OC(CCCl)c1cc(Cl)nnc1Cl. The number of halogens is 3. The van der Waals surface area contributed by atoms with Crippen LogP contribution in [-0.2, 0) is 0 Å². The summed E-state index contributed by atoms with van der Waals surface area (Å²) in [6, 6.07) is 1.48. The van der Waals surface area contributed by atoms with Crippen LogP contribution in [0.1, 0.15) is 18.1 Å². The van der Waals surface area contributed by atoms with Crippen LogP contribution in [0, 0.1) is 0 Å². The average Bonchev–Trinajstić information content (AvgIpc) is 2.09. The highest BCUT2D eigenvalue weighted by atomic mass is 35.5. The van der Waals surface area contributed by atoms with Gasteiger partial charge in [0.05, 0.1) is 6.10 Å².